The lowest BCUT2D eigenvalue weighted by Gasteiger charge is -2.64. The van der Waals surface area contributed by atoms with Gasteiger partial charge in [0.25, 0.3) is 0 Å². The van der Waals surface area contributed by atoms with Gasteiger partial charge in [0.2, 0.25) is 0 Å². The molecule has 0 aromatic carbocycles. The highest BCUT2D eigenvalue weighted by Gasteiger charge is 2.67. The molecule has 3 fully saturated rings. The maximum atomic E-state index is 11.4. The smallest absolute Gasteiger partial charge is 0.187 e. The largest absolute Gasteiger partial charge is 0.362 e. The molecular weight excluding hydrogens is 368 g/mol. The van der Waals surface area contributed by atoms with Crippen LogP contribution >= 0.6 is 0 Å². The van der Waals surface area contributed by atoms with Crippen molar-refractivity contribution in [2.75, 3.05) is 0 Å². The molecule has 3 N–H and O–H groups in total. The predicted molar refractivity (Wildman–Crippen MR) is 124 cm³/mol. The average molecular weight is 403 g/mol. The summed E-state index contributed by atoms with van der Waals surface area (Å²) in [5.74, 6) is -1.58. The number of nitrogens with one attached hydrogen (secondary N) is 1. The van der Waals surface area contributed by atoms with Gasteiger partial charge >= 0.3 is 0 Å². The second-order valence-electron chi connectivity index (χ2n) is 11.9. The Kier molecular flexibility index (Phi) is 4.46. The van der Waals surface area contributed by atoms with E-state index in [0.717, 1.165) is 29.6 Å². The fraction of sp³-hybridized carbons (Fsp3) is 0.720. The lowest BCUT2D eigenvalue weighted by Crippen LogP contribution is -2.61. The van der Waals surface area contributed by atoms with Gasteiger partial charge in [0.1, 0.15) is 0 Å². The molecule has 30 heavy (non-hydrogen) atoms. The standard InChI is InChI=1S/C25H35B2NO2/c1-13-14(2)24(7,27)12-22(5)19-16(11-28)8-21(4)15(3)23(6,26)10-18(21)17(19)9-25(29,30)20(13)22/h11,16-19,28-30H,2-3,8-10,12H2,1,4-7H3. The van der Waals surface area contributed by atoms with Gasteiger partial charge in [0.15, 0.2) is 5.79 Å². The van der Waals surface area contributed by atoms with Crippen molar-refractivity contribution in [1.29, 1.82) is 5.41 Å². The Labute approximate surface area is 184 Å². The first kappa shape index (κ1) is 22.1. The van der Waals surface area contributed by atoms with Gasteiger partial charge in [0.05, 0.1) is 15.7 Å². The number of hydrogen-bond acceptors (Lipinski definition) is 3. The summed E-state index contributed by atoms with van der Waals surface area (Å²) in [5.41, 5.74) is 2.55. The summed E-state index contributed by atoms with van der Waals surface area (Å²) in [7, 11) is 13.4. The first-order valence-corrected chi connectivity index (χ1v) is 11.2. The minimum Gasteiger partial charge on any atom is -0.362 e. The van der Waals surface area contributed by atoms with Crippen molar-refractivity contribution >= 4 is 21.9 Å². The average Bonchev–Trinajstić information content (AvgIpc) is 2.77. The summed E-state index contributed by atoms with van der Waals surface area (Å²) in [6.45, 7) is 18.9. The van der Waals surface area contributed by atoms with Crippen molar-refractivity contribution in [2.45, 2.75) is 76.7 Å². The van der Waals surface area contributed by atoms with Gasteiger partial charge in [-0.2, -0.15) is 0 Å². The molecule has 0 saturated heterocycles. The summed E-state index contributed by atoms with van der Waals surface area (Å²) in [4.78, 5) is 0. The van der Waals surface area contributed by atoms with Crippen LogP contribution in [0.4, 0.5) is 0 Å². The Bertz CT molecular complexity index is 886. The van der Waals surface area contributed by atoms with Crippen LogP contribution in [0.5, 0.6) is 0 Å². The van der Waals surface area contributed by atoms with E-state index < -0.39 is 21.8 Å². The third-order valence-corrected chi connectivity index (χ3v) is 9.63. The van der Waals surface area contributed by atoms with Crippen molar-refractivity contribution in [3.05, 3.63) is 35.5 Å². The highest BCUT2D eigenvalue weighted by atomic mass is 16.5. The predicted octanol–water partition coefficient (Wildman–Crippen LogP) is 4.53. The van der Waals surface area contributed by atoms with E-state index in [4.69, 9.17) is 21.1 Å². The van der Waals surface area contributed by atoms with Crippen LogP contribution in [0.15, 0.2) is 35.5 Å². The molecule has 8 unspecified atom stereocenters. The number of aliphatic hydroxyl groups is 2. The quantitative estimate of drug-likeness (QED) is 0.261. The van der Waals surface area contributed by atoms with Crippen molar-refractivity contribution in [2.24, 2.45) is 34.5 Å². The molecule has 0 aliphatic heterocycles. The SMILES string of the molecule is [B]C1(C)CC2(C)C(=C(C)C1=C)C(O)(O)CC1C3CC([B])(C)C(=C)C3(C)CC(C=N)C12. The van der Waals surface area contributed by atoms with Gasteiger partial charge in [-0.15, -0.1) is 0 Å². The van der Waals surface area contributed by atoms with Crippen LogP contribution in [0.1, 0.15) is 60.3 Å². The van der Waals surface area contributed by atoms with E-state index in [1.807, 2.05) is 20.8 Å². The summed E-state index contributed by atoms with van der Waals surface area (Å²) >= 11 is 0. The molecular formula is C25H35B2NO2. The van der Waals surface area contributed by atoms with Crippen LogP contribution < -0.4 is 0 Å². The molecule has 158 valence electrons. The maximum absolute atomic E-state index is 11.4. The molecule has 4 aliphatic rings. The van der Waals surface area contributed by atoms with Crippen LogP contribution in [0, 0.1) is 39.9 Å². The van der Waals surface area contributed by atoms with Crippen LogP contribution in [0.3, 0.4) is 0 Å². The third-order valence-electron chi connectivity index (χ3n) is 9.63. The molecule has 3 nitrogen and oxygen atoms in total. The molecule has 8 atom stereocenters. The number of rotatable bonds is 1. The molecule has 4 rings (SSSR count). The summed E-state index contributed by atoms with van der Waals surface area (Å²) < 4.78 is 0. The molecule has 0 amide bonds. The van der Waals surface area contributed by atoms with Gasteiger partial charge in [-0.05, 0) is 88.7 Å². The molecule has 4 aliphatic carbocycles. The van der Waals surface area contributed by atoms with Crippen molar-refractivity contribution in [3.8, 4) is 0 Å². The molecule has 4 radical (unpaired) electrons. The van der Waals surface area contributed by atoms with Crippen molar-refractivity contribution in [1.82, 2.24) is 0 Å². The molecule has 0 bridgehead atoms. The van der Waals surface area contributed by atoms with Crippen LogP contribution in [0.25, 0.3) is 0 Å². The number of allylic oxidation sites excluding steroid dienone is 3. The van der Waals surface area contributed by atoms with Crippen LogP contribution in [0.2, 0.25) is 10.6 Å². The van der Waals surface area contributed by atoms with Crippen LogP contribution in [-0.2, 0) is 0 Å². The molecule has 0 spiro atoms. The summed E-state index contributed by atoms with van der Waals surface area (Å²) in [6.07, 6.45) is 4.02. The highest BCUT2D eigenvalue weighted by molar-refractivity contribution is 6.18. The van der Waals surface area contributed by atoms with E-state index in [9.17, 15) is 10.2 Å². The van der Waals surface area contributed by atoms with E-state index in [0.29, 0.717) is 12.0 Å². The Balaban J connectivity index is 1.94. The van der Waals surface area contributed by atoms with Gasteiger partial charge in [0, 0.05) is 6.42 Å². The summed E-state index contributed by atoms with van der Waals surface area (Å²) in [6, 6.07) is 0. The van der Waals surface area contributed by atoms with Gasteiger partial charge in [-0.1, -0.05) is 52.0 Å². The molecule has 0 heterocycles. The van der Waals surface area contributed by atoms with E-state index in [-0.39, 0.29) is 35.5 Å². The first-order chi connectivity index (χ1) is 13.5. The normalized spacial score (nSPS) is 52.5. The lowest BCUT2D eigenvalue weighted by atomic mass is 9.39. The van der Waals surface area contributed by atoms with Gasteiger partial charge in [-0.25, -0.2) is 0 Å². The van der Waals surface area contributed by atoms with Crippen molar-refractivity contribution < 1.29 is 10.2 Å². The zero-order valence-electron chi connectivity index (χ0n) is 19.2. The van der Waals surface area contributed by atoms with Crippen LogP contribution in [-0.4, -0.2) is 37.9 Å². The third kappa shape index (κ3) is 2.57. The zero-order valence-corrected chi connectivity index (χ0v) is 19.2. The Hall–Kier alpha value is -1.06. The fourth-order valence-electron chi connectivity index (χ4n) is 8.58. The fourth-order valence-corrected chi connectivity index (χ4v) is 8.58. The van der Waals surface area contributed by atoms with E-state index in [1.54, 1.807) is 6.21 Å². The van der Waals surface area contributed by atoms with E-state index >= 15 is 0 Å². The molecule has 0 aromatic rings. The highest BCUT2D eigenvalue weighted by Crippen LogP contribution is 2.74. The molecule has 0 aromatic heterocycles. The lowest BCUT2D eigenvalue weighted by molar-refractivity contribution is -0.209. The molecule has 5 heteroatoms. The second kappa shape index (κ2) is 6.04. The van der Waals surface area contributed by atoms with E-state index in [2.05, 4.69) is 27.0 Å². The minimum atomic E-state index is -1.92. The van der Waals surface area contributed by atoms with E-state index in [1.165, 1.54) is 0 Å². The second-order valence-corrected chi connectivity index (χ2v) is 11.9. The topological polar surface area (TPSA) is 64.3 Å². The number of fused-ring (bicyclic) bond motifs is 5. The Morgan fingerprint density at radius 1 is 1.00 bits per heavy atom. The zero-order chi connectivity index (χ0) is 22.7. The number of hydrogen-bond donors (Lipinski definition) is 3. The summed E-state index contributed by atoms with van der Waals surface area (Å²) in [5, 5.41) is 30.0. The van der Waals surface area contributed by atoms with Crippen molar-refractivity contribution in [3.63, 3.8) is 0 Å². The maximum Gasteiger partial charge on any atom is 0.187 e. The minimum absolute atomic E-state index is 0.00738. The van der Waals surface area contributed by atoms with Gasteiger partial charge < -0.3 is 15.6 Å². The first-order valence-electron chi connectivity index (χ1n) is 11.2. The Morgan fingerprint density at radius 3 is 2.17 bits per heavy atom. The van der Waals surface area contributed by atoms with Gasteiger partial charge in [-0.3, -0.25) is 0 Å². The monoisotopic (exact) mass is 403 g/mol. The Morgan fingerprint density at radius 2 is 1.60 bits per heavy atom. The molecule has 3 saturated carbocycles.